The molecule has 0 unspecified atom stereocenters. The largest absolute Gasteiger partial charge is 0.494 e. The minimum absolute atomic E-state index is 0.178. The molecule has 4 amide bonds. The minimum Gasteiger partial charge on any atom is -0.494 e. The normalized spacial score (nSPS) is 15.0. The molecule has 0 aromatic heterocycles. The first-order valence-electron chi connectivity index (χ1n) is 10.5. The van der Waals surface area contributed by atoms with Gasteiger partial charge in [0.25, 0.3) is 11.8 Å². The number of ether oxygens (including phenoxy) is 1. The van der Waals surface area contributed by atoms with E-state index in [2.05, 4.69) is 21.2 Å². The summed E-state index contributed by atoms with van der Waals surface area (Å²) in [6.07, 6.45) is 1.87. The Morgan fingerprint density at radius 3 is 2.50 bits per heavy atom. The first kappa shape index (κ1) is 23.4. The molecule has 3 aromatic rings. The molecule has 172 valence electrons. The van der Waals surface area contributed by atoms with Gasteiger partial charge in [-0.15, -0.1) is 0 Å². The summed E-state index contributed by atoms with van der Waals surface area (Å²) in [5.41, 5.74) is 2.33. The molecule has 0 bridgehead atoms. The molecule has 1 heterocycles. The predicted molar refractivity (Wildman–Crippen MR) is 130 cm³/mol. The summed E-state index contributed by atoms with van der Waals surface area (Å²) in [6.45, 7) is 2.25. The van der Waals surface area contributed by atoms with E-state index in [4.69, 9.17) is 4.74 Å². The first-order valence-corrected chi connectivity index (χ1v) is 11.3. The van der Waals surface area contributed by atoms with E-state index in [0.29, 0.717) is 30.0 Å². The van der Waals surface area contributed by atoms with E-state index < -0.39 is 17.8 Å². The fourth-order valence-corrected chi connectivity index (χ4v) is 3.88. The zero-order chi connectivity index (χ0) is 24.2. The van der Waals surface area contributed by atoms with Crippen LogP contribution >= 0.6 is 15.9 Å². The summed E-state index contributed by atoms with van der Waals surface area (Å²) in [5, 5.41) is 2.21. The Morgan fingerprint density at radius 1 is 1.03 bits per heavy atom. The number of rotatable bonds is 6. The highest BCUT2D eigenvalue weighted by molar-refractivity contribution is 9.10. The Bertz CT molecular complexity index is 1300. The highest BCUT2D eigenvalue weighted by atomic mass is 79.9. The third-order valence-corrected chi connectivity index (χ3v) is 5.70. The highest BCUT2D eigenvalue weighted by Crippen LogP contribution is 2.27. The Balaban J connectivity index is 1.66. The van der Waals surface area contributed by atoms with E-state index in [1.165, 1.54) is 18.2 Å². The van der Waals surface area contributed by atoms with Crippen LogP contribution in [0.3, 0.4) is 0 Å². The summed E-state index contributed by atoms with van der Waals surface area (Å²) in [4.78, 5) is 38.8. The van der Waals surface area contributed by atoms with Gasteiger partial charge < -0.3 is 4.74 Å². The minimum atomic E-state index is -0.810. The molecular formula is C26H20BrFN2O4. The summed E-state index contributed by atoms with van der Waals surface area (Å²) in [5.74, 6) is -1.25. The fraction of sp³-hybridized carbons (Fsp3) is 0.115. The second kappa shape index (κ2) is 10.0. The summed E-state index contributed by atoms with van der Waals surface area (Å²) in [6, 6.07) is 17.4. The number of benzene rings is 3. The smallest absolute Gasteiger partial charge is 0.335 e. The van der Waals surface area contributed by atoms with E-state index in [1.807, 2.05) is 19.1 Å². The van der Waals surface area contributed by atoms with Crippen molar-refractivity contribution in [3.8, 4) is 5.75 Å². The molecule has 3 aromatic carbocycles. The molecular weight excluding hydrogens is 503 g/mol. The maximum absolute atomic E-state index is 13.6. The van der Waals surface area contributed by atoms with Crippen LogP contribution in [-0.2, 0) is 16.0 Å². The SMILES string of the molecule is CCOc1cc(/C=C2\C(=O)NC(=O)N(c3ccc(Br)cc3)C2=O)ccc1Cc1cccc(F)c1. The topological polar surface area (TPSA) is 75.7 Å². The standard InChI is InChI=1S/C26H20BrFN2O4/c1-2-34-23-15-17(6-7-18(23)12-16-4-3-5-20(28)13-16)14-22-24(31)29-26(33)30(25(22)32)21-10-8-19(27)9-11-21/h3-11,13-15H,2,12H2,1H3,(H,29,31,33)/b22-14+. The molecule has 4 rings (SSSR count). The van der Waals surface area contributed by atoms with Crippen molar-refractivity contribution in [2.75, 3.05) is 11.5 Å². The van der Waals surface area contributed by atoms with E-state index in [0.717, 1.165) is 20.5 Å². The predicted octanol–water partition coefficient (Wildman–Crippen LogP) is 5.24. The number of carbonyl (C=O) groups excluding carboxylic acids is 3. The second-order valence-corrected chi connectivity index (χ2v) is 8.46. The van der Waals surface area contributed by atoms with Gasteiger partial charge in [0.2, 0.25) is 0 Å². The van der Waals surface area contributed by atoms with E-state index in [9.17, 15) is 18.8 Å². The molecule has 1 aliphatic heterocycles. The number of amides is 4. The molecule has 1 fully saturated rings. The van der Waals surface area contributed by atoms with Gasteiger partial charge in [-0.1, -0.05) is 40.2 Å². The quantitative estimate of drug-likeness (QED) is 0.354. The third kappa shape index (κ3) is 5.07. The molecule has 0 radical (unpaired) electrons. The lowest BCUT2D eigenvalue weighted by atomic mass is 10.0. The third-order valence-electron chi connectivity index (χ3n) is 5.17. The Kier molecular flexibility index (Phi) is 6.88. The number of anilines is 1. The van der Waals surface area contributed by atoms with Gasteiger partial charge in [0.15, 0.2) is 0 Å². The lowest BCUT2D eigenvalue weighted by molar-refractivity contribution is -0.122. The number of barbiturate groups is 1. The maximum atomic E-state index is 13.6. The number of nitrogens with zero attached hydrogens (tertiary/aromatic N) is 1. The van der Waals surface area contributed by atoms with Gasteiger partial charge in [0.05, 0.1) is 12.3 Å². The number of hydrogen-bond donors (Lipinski definition) is 1. The van der Waals surface area contributed by atoms with Crippen LogP contribution in [0.5, 0.6) is 5.75 Å². The van der Waals surface area contributed by atoms with Gasteiger partial charge in [-0.2, -0.15) is 0 Å². The number of urea groups is 1. The van der Waals surface area contributed by atoms with Crippen molar-refractivity contribution in [2.24, 2.45) is 0 Å². The molecule has 0 aliphatic carbocycles. The molecule has 8 heteroatoms. The Morgan fingerprint density at radius 2 is 1.79 bits per heavy atom. The molecule has 1 aliphatic rings. The van der Waals surface area contributed by atoms with Gasteiger partial charge >= 0.3 is 6.03 Å². The molecule has 0 atom stereocenters. The molecule has 1 saturated heterocycles. The zero-order valence-electron chi connectivity index (χ0n) is 18.2. The van der Waals surface area contributed by atoms with E-state index >= 15 is 0 Å². The Hall–Kier alpha value is -3.78. The van der Waals surface area contributed by atoms with E-state index in [1.54, 1.807) is 42.5 Å². The van der Waals surface area contributed by atoms with Crippen LogP contribution < -0.4 is 15.0 Å². The van der Waals surface area contributed by atoms with Gasteiger partial charge in [-0.25, -0.2) is 14.1 Å². The average Bonchev–Trinajstić information content (AvgIpc) is 2.79. The second-order valence-electron chi connectivity index (χ2n) is 7.54. The van der Waals surface area contributed by atoms with Crippen molar-refractivity contribution in [2.45, 2.75) is 13.3 Å². The summed E-state index contributed by atoms with van der Waals surface area (Å²) < 4.78 is 20.1. The number of halogens is 2. The van der Waals surface area contributed by atoms with Gasteiger partial charge in [-0.3, -0.25) is 14.9 Å². The number of imide groups is 2. The van der Waals surface area contributed by atoms with Crippen LogP contribution in [0.2, 0.25) is 0 Å². The fourth-order valence-electron chi connectivity index (χ4n) is 3.61. The van der Waals surface area contributed by atoms with Crippen LogP contribution in [0, 0.1) is 5.82 Å². The van der Waals surface area contributed by atoms with Crippen LogP contribution in [-0.4, -0.2) is 24.5 Å². The molecule has 0 saturated carbocycles. The van der Waals surface area contributed by atoms with Crippen LogP contribution in [0.15, 0.2) is 76.8 Å². The van der Waals surface area contributed by atoms with Gasteiger partial charge in [-0.05, 0) is 72.2 Å². The van der Waals surface area contributed by atoms with Crippen LogP contribution in [0.1, 0.15) is 23.6 Å². The molecule has 6 nitrogen and oxygen atoms in total. The first-order chi connectivity index (χ1) is 16.4. The van der Waals surface area contributed by atoms with Crippen molar-refractivity contribution in [1.82, 2.24) is 5.32 Å². The Labute approximate surface area is 204 Å². The lowest BCUT2D eigenvalue weighted by Gasteiger charge is -2.26. The van der Waals surface area contributed by atoms with Crippen molar-refractivity contribution in [1.29, 1.82) is 0 Å². The van der Waals surface area contributed by atoms with Crippen LogP contribution in [0.4, 0.5) is 14.9 Å². The molecule has 34 heavy (non-hydrogen) atoms. The zero-order valence-corrected chi connectivity index (χ0v) is 19.8. The van der Waals surface area contributed by atoms with Crippen molar-refractivity contribution < 1.29 is 23.5 Å². The van der Waals surface area contributed by atoms with Gasteiger partial charge in [0, 0.05) is 10.9 Å². The number of nitrogens with one attached hydrogen (secondary N) is 1. The lowest BCUT2D eigenvalue weighted by Crippen LogP contribution is -2.54. The van der Waals surface area contributed by atoms with Crippen molar-refractivity contribution in [3.63, 3.8) is 0 Å². The van der Waals surface area contributed by atoms with Crippen LogP contribution in [0.25, 0.3) is 6.08 Å². The average molecular weight is 523 g/mol. The molecule has 0 spiro atoms. The van der Waals surface area contributed by atoms with Crippen molar-refractivity contribution in [3.05, 3.63) is 99.3 Å². The maximum Gasteiger partial charge on any atom is 0.335 e. The number of carbonyl (C=O) groups is 3. The number of hydrogen-bond acceptors (Lipinski definition) is 4. The summed E-state index contributed by atoms with van der Waals surface area (Å²) in [7, 11) is 0. The summed E-state index contributed by atoms with van der Waals surface area (Å²) >= 11 is 3.31. The van der Waals surface area contributed by atoms with Gasteiger partial charge in [0.1, 0.15) is 17.1 Å². The monoisotopic (exact) mass is 522 g/mol. The van der Waals surface area contributed by atoms with E-state index in [-0.39, 0.29) is 11.4 Å². The molecule has 1 N–H and O–H groups in total. The highest BCUT2D eigenvalue weighted by Gasteiger charge is 2.36. The van der Waals surface area contributed by atoms with Crippen molar-refractivity contribution >= 4 is 45.5 Å².